The number of nitrogens with one attached hydrogen (secondary N) is 1. The molecule has 0 aromatic heterocycles. The first kappa shape index (κ1) is 23.0. The number of ketones is 1. The van der Waals surface area contributed by atoms with Gasteiger partial charge >= 0.3 is 12.0 Å². The smallest absolute Gasteiger partial charge is 0.326 e. The molecule has 3 rings (SSSR count). The van der Waals surface area contributed by atoms with E-state index in [1.54, 1.807) is 6.07 Å². The molecule has 3 amide bonds. The molecule has 31 heavy (non-hydrogen) atoms. The molecule has 1 heterocycles. The van der Waals surface area contributed by atoms with E-state index in [1.807, 2.05) is 26.8 Å². The number of carbonyl (C=O) groups excluding carboxylic acids is 4. The Bertz CT molecular complexity index is 952. The molecule has 0 bridgehead atoms. The number of imide groups is 1. The second kappa shape index (κ2) is 8.09. The number of hydrogen-bond donors (Lipinski definition) is 1. The number of carbonyl (C=O) groups is 4. The fraction of sp³-hybridized carbons (Fsp3) is 0.583. The van der Waals surface area contributed by atoms with Crippen LogP contribution in [0.5, 0.6) is 0 Å². The minimum Gasteiger partial charge on any atom is -0.456 e. The highest BCUT2D eigenvalue weighted by atomic mass is 16.5. The van der Waals surface area contributed by atoms with Crippen LogP contribution in [0.15, 0.2) is 12.1 Å². The van der Waals surface area contributed by atoms with Crippen molar-refractivity contribution >= 4 is 23.7 Å². The van der Waals surface area contributed by atoms with Crippen molar-refractivity contribution in [2.75, 3.05) is 13.2 Å². The zero-order valence-electron chi connectivity index (χ0n) is 19.3. The fourth-order valence-electron chi connectivity index (χ4n) is 5.31. The average Bonchev–Trinajstić information content (AvgIpc) is 2.84. The number of ether oxygens (including phenoxy) is 1. The molecule has 0 radical (unpaired) electrons. The van der Waals surface area contributed by atoms with E-state index < -0.39 is 30.7 Å². The Labute approximate surface area is 183 Å². The Morgan fingerprint density at radius 3 is 2.39 bits per heavy atom. The first-order valence-corrected chi connectivity index (χ1v) is 10.7. The molecular weight excluding hydrogens is 396 g/mol. The predicted molar refractivity (Wildman–Crippen MR) is 116 cm³/mol. The first-order valence-electron chi connectivity index (χ1n) is 10.7. The van der Waals surface area contributed by atoms with Gasteiger partial charge in [-0.05, 0) is 74.1 Å². The third kappa shape index (κ3) is 4.65. The first-order chi connectivity index (χ1) is 14.3. The third-order valence-electron chi connectivity index (χ3n) is 6.42. The fourth-order valence-corrected chi connectivity index (χ4v) is 5.31. The van der Waals surface area contributed by atoms with Gasteiger partial charge in [-0.15, -0.1) is 0 Å². The van der Waals surface area contributed by atoms with E-state index in [2.05, 4.69) is 26.1 Å². The van der Waals surface area contributed by atoms with Gasteiger partial charge in [-0.3, -0.25) is 19.3 Å². The summed E-state index contributed by atoms with van der Waals surface area (Å²) in [5.74, 6) is -1.20. The molecule has 1 aliphatic carbocycles. The van der Waals surface area contributed by atoms with E-state index in [-0.39, 0.29) is 23.0 Å². The van der Waals surface area contributed by atoms with Gasteiger partial charge in [0.15, 0.2) is 6.61 Å². The molecule has 2 atom stereocenters. The van der Waals surface area contributed by atoms with Crippen molar-refractivity contribution in [1.29, 1.82) is 0 Å². The van der Waals surface area contributed by atoms with Gasteiger partial charge in [0.2, 0.25) is 5.78 Å². The molecule has 1 aromatic carbocycles. The van der Waals surface area contributed by atoms with Gasteiger partial charge in [0, 0.05) is 5.56 Å². The summed E-state index contributed by atoms with van der Waals surface area (Å²) in [6.45, 7) is 11.0. The zero-order valence-corrected chi connectivity index (χ0v) is 19.3. The molecular formula is C24H32N2O5. The monoisotopic (exact) mass is 428 g/mol. The molecule has 7 heteroatoms. The van der Waals surface area contributed by atoms with Crippen molar-refractivity contribution in [3.8, 4) is 0 Å². The number of rotatable bonds is 5. The second-order valence-electron chi connectivity index (χ2n) is 10.1. The van der Waals surface area contributed by atoms with Crippen LogP contribution in [0.3, 0.4) is 0 Å². The normalized spacial score (nSPS) is 25.0. The summed E-state index contributed by atoms with van der Waals surface area (Å²) in [5.41, 5.74) is 2.32. The Kier molecular flexibility index (Phi) is 6.00. The number of amides is 3. The van der Waals surface area contributed by atoms with E-state index in [0.29, 0.717) is 18.4 Å². The van der Waals surface area contributed by atoms with Crippen LogP contribution < -0.4 is 5.32 Å². The number of urea groups is 1. The lowest BCUT2D eigenvalue weighted by Crippen LogP contribution is -2.54. The van der Waals surface area contributed by atoms with Crippen LogP contribution in [-0.2, 0) is 14.3 Å². The maximum absolute atomic E-state index is 13.1. The highest BCUT2D eigenvalue weighted by molar-refractivity contribution is 6.09. The van der Waals surface area contributed by atoms with Crippen LogP contribution in [0, 0.1) is 32.1 Å². The lowest BCUT2D eigenvalue weighted by molar-refractivity contribution is -0.147. The molecule has 168 valence electrons. The lowest BCUT2D eigenvalue weighted by atomic mass is 9.64. The van der Waals surface area contributed by atoms with E-state index in [9.17, 15) is 19.2 Å². The van der Waals surface area contributed by atoms with Crippen LogP contribution in [0.25, 0.3) is 0 Å². The van der Waals surface area contributed by atoms with Crippen molar-refractivity contribution in [2.45, 2.75) is 66.3 Å². The number of benzene rings is 1. The predicted octanol–water partition coefficient (Wildman–Crippen LogP) is 3.47. The summed E-state index contributed by atoms with van der Waals surface area (Å²) < 4.78 is 5.12. The van der Waals surface area contributed by atoms with Gasteiger partial charge in [0.1, 0.15) is 12.1 Å². The van der Waals surface area contributed by atoms with Crippen molar-refractivity contribution in [3.63, 3.8) is 0 Å². The maximum Gasteiger partial charge on any atom is 0.326 e. The average molecular weight is 429 g/mol. The molecule has 1 aliphatic heterocycles. The summed E-state index contributed by atoms with van der Waals surface area (Å²) in [4.78, 5) is 51.4. The molecule has 0 unspecified atom stereocenters. The van der Waals surface area contributed by atoms with Crippen molar-refractivity contribution in [3.05, 3.63) is 34.4 Å². The van der Waals surface area contributed by atoms with Crippen LogP contribution >= 0.6 is 0 Å². The Morgan fingerprint density at radius 2 is 1.74 bits per heavy atom. The van der Waals surface area contributed by atoms with E-state index >= 15 is 0 Å². The second-order valence-corrected chi connectivity index (χ2v) is 10.1. The Morgan fingerprint density at radius 1 is 1.10 bits per heavy atom. The molecule has 2 fully saturated rings. The third-order valence-corrected chi connectivity index (χ3v) is 6.42. The topological polar surface area (TPSA) is 92.8 Å². The van der Waals surface area contributed by atoms with Crippen molar-refractivity contribution in [2.24, 2.45) is 11.3 Å². The van der Waals surface area contributed by atoms with Crippen LogP contribution in [0.2, 0.25) is 0 Å². The summed E-state index contributed by atoms with van der Waals surface area (Å²) in [6.07, 6.45) is 2.06. The van der Waals surface area contributed by atoms with E-state index in [4.69, 9.17) is 4.74 Å². The van der Waals surface area contributed by atoms with Gasteiger partial charge in [0.05, 0.1) is 0 Å². The summed E-state index contributed by atoms with van der Waals surface area (Å²) in [6, 6.07) is 3.13. The molecule has 1 saturated heterocycles. The van der Waals surface area contributed by atoms with Crippen LogP contribution in [0.1, 0.15) is 67.1 Å². The number of Topliss-reactive ketones (excluding diaryl/α,β-unsaturated/α-hetero) is 1. The van der Waals surface area contributed by atoms with Crippen molar-refractivity contribution < 1.29 is 23.9 Å². The molecule has 7 nitrogen and oxygen atoms in total. The van der Waals surface area contributed by atoms with Crippen LogP contribution in [-0.4, -0.2) is 47.3 Å². The molecule has 1 aromatic rings. The standard InChI is InChI=1S/C24H32N2O5/c1-14-9-23(5,6)13-24(10-14)21(29)26(22(30)25-24)11-20(28)31-12-19(27)18-8-16(3)15(2)7-17(18)4/h7-8,14H,9-13H2,1-6H3,(H,25,30)/t14-,24-/m0/s1. The number of esters is 1. The largest absolute Gasteiger partial charge is 0.456 e. The van der Waals surface area contributed by atoms with Gasteiger partial charge in [-0.25, -0.2) is 4.79 Å². The summed E-state index contributed by atoms with van der Waals surface area (Å²) in [5, 5.41) is 2.83. The van der Waals surface area contributed by atoms with Gasteiger partial charge in [-0.1, -0.05) is 26.8 Å². The number of nitrogens with zero attached hydrogens (tertiary/aromatic N) is 1. The highest BCUT2D eigenvalue weighted by Gasteiger charge is 2.56. The van der Waals surface area contributed by atoms with E-state index in [1.165, 1.54) is 0 Å². The quantitative estimate of drug-likeness (QED) is 0.440. The van der Waals surface area contributed by atoms with E-state index in [0.717, 1.165) is 28.0 Å². The SMILES string of the molecule is Cc1cc(C)c(C(=O)COC(=O)CN2C(=O)N[C@]3(C[C@@H](C)CC(C)(C)C3)C2=O)cc1C. The summed E-state index contributed by atoms with van der Waals surface area (Å²) >= 11 is 0. The minimum atomic E-state index is -0.967. The highest BCUT2D eigenvalue weighted by Crippen LogP contribution is 2.46. The van der Waals surface area contributed by atoms with Crippen LogP contribution in [0.4, 0.5) is 4.79 Å². The molecule has 2 aliphatic rings. The maximum atomic E-state index is 13.1. The summed E-state index contributed by atoms with van der Waals surface area (Å²) in [7, 11) is 0. The molecule has 1 N–H and O–H groups in total. The number of hydrogen-bond acceptors (Lipinski definition) is 5. The Hall–Kier alpha value is -2.70. The van der Waals surface area contributed by atoms with Gasteiger partial charge in [-0.2, -0.15) is 0 Å². The zero-order chi connectivity index (χ0) is 23.1. The van der Waals surface area contributed by atoms with Gasteiger partial charge in [0.25, 0.3) is 5.91 Å². The number of aryl methyl sites for hydroxylation is 3. The lowest BCUT2D eigenvalue weighted by Gasteiger charge is -2.43. The van der Waals surface area contributed by atoms with Gasteiger partial charge < -0.3 is 10.1 Å². The van der Waals surface area contributed by atoms with Crippen molar-refractivity contribution in [1.82, 2.24) is 10.2 Å². The minimum absolute atomic E-state index is 0.0897. The Balaban J connectivity index is 1.63. The molecule has 1 spiro atoms. The molecule has 1 saturated carbocycles.